The molecule has 0 aliphatic heterocycles. The summed E-state index contributed by atoms with van der Waals surface area (Å²) in [5, 5.41) is 4.54. The average Bonchev–Trinajstić information content (AvgIpc) is 2.91. The van der Waals surface area contributed by atoms with Crippen molar-refractivity contribution in [1.82, 2.24) is 14.8 Å². The van der Waals surface area contributed by atoms with Gasteiger partial charge in [0, 0.05) is 25.0 Å². The molecule has 5 nitrogen and oxygen atoms in total. The number of hydrogen-bond donors (Lipinski definition) is 1. The molecule has 20 heavy (non-hydrogen) atoms. The summed E-state index contributed by atoms with van der Waals surface area (Å²) in [6.07, 6.45) is 3.50. The molecule has 3 aromatic heterocycles. The molecule has 0 aliphatic carbocycles. The number of aromatic nitrogens is 3. The molecule has 3 rings (SSSR count). The number of nitrogens with zero attached hydrogens (tertiary/aromatic N) is 3. The van der Waals surface area contributed by atoms with Gasteiger partial charge in [-0.05, 0) is 37.6 Å². The molecule has 0 saturated carbocycles. The number of nitrogen functional groups attached to an aromatic ring is 1. The Balaban J connectivity index is 2.28. The van der Waals surface area contributed by atoms with Crippen LogP contribution >= 0.6 is 0 Å². The van der Waals surface area contributed by atoms with Gasteiger partial charge in [0.05, 0.1) is 5.56 Å². The third-order valence-corrected chi connectivity index (χ3v) is 3.36. The molecule has 2 N–H and O–H groups in total. The van der Waals surface area contributed by atoms with Gasteiger partial charge in [0.15, 0.2) is 0 Å². The summed E-state index contributed by atoms with van der Waals surface area (Å²) in [7, 11) is 1.84. The van der Waals surface area contributed by atoms with Crippen LogP contribution in [0.15, 0.2) is 35.0 Å². The first kappa shape index (κ1) is 12.5. The average molecular weight is 268 g/mol. The zero-order valence-electron chi connectivity index (χ0n) is 11.7. The Kier molecular flexibility index (Phi) is 2.82. The highest BCUT2D eigenvalue weighted by Crippen LogP contribution is 2.37. The smallest absolute Gasteiger partial charge is 0.129 e. The largest absolute Gasteiger partial charge is 0.466 e. The highest BCUT2D eigenvalue weighted by molar-refractivity contribution is 5.88. The first-order valence-corrected chi connectivity index (χ1v) is 6.38. The van der Waals surface area contributed by atoms with Gasteiger partial charge in [-0.2, -0.15) is 5.10 Å². The monoisotopic (exact) mass is 268 g/mol. The third-order valence-electron chi connectivity index (χ3n) is 3.36. The minimum atomic E-state index is 0.629. The van der Waals surface area contributed by atoms with E-state index in [4.69, 9.17) is 10.2 Å². The molecule has 0 fully saturated rings. The van der Waals surface area contributed by atoms with Gasteiger partial charge in [0.25, 0.3) is 0 Å². The molecule has 0 atom stereocenters. The fourth-order valence-electron chi connectivity index (χ4n) is 2.39. The van der Waals surface area contributed by atoms with Gasteiger partial charge < -0.3 is 10.2 Å². The number of aryl methyl sites for hydroxylation is 3. The Labute approximate surface area is 117 Å². The number of furan rings is 1. The van der Waals surface area contributed by atoms with Crippen molar-refractivity contribution in [3.8, 4) is 22.4 Å². The van der Waals surface area contributed by atoms with Crippen molar-refractivity contribution >= 4 is 5.82 Å². The zero-order chi connectivity index (χ0) is 14.3. The minimum absolute atomic E-state index is 0.629. The summed E-state index contributed by atoms with van der Waals surface area (Å²) < 4.78 is 7.29. The summed E-state index contributed by atoms with van der Waals surface area (Å²) in [6.45, 7) is 3.86. The maximum Gasteiger partial charge on any atom is 0.129 e. The van der Waals surface area contributed by atoms with Crippen LogP contribution in [0.1, 0.15) is 11.5 Å². The van der Waals surface area contributed by atoms with Crippen molar-refractivity contribution in [2.24, 2.45) is 7.05 Å². The van der Waals surface area contributed by atoms with E-state index in [0.29, 0.717) is 5.82 Å². The molecule has 0 unspecified atom stereocenters. The molecule has 0 aromatic carbocycles. The molecule has 102 valence electrons. The Hall–Kier alpha value is -2.56. The lowest BCUT2D eigenvalue weighted by Crippen LogP contribution is -1.97. The van der Waals surface area contributed by atoms with E-state index in [1.54, 1.807) is 17.1 Å². The SMILES string of the molecule is Cc1cc(-c2nn(C)c(N)c2-c2ccncc2)c(C)o1. The summed E-state index contributed by atoms with van der Waals surface area (Å²) in [6, 6.07) is 5.85. The summed E-state index contributed by atoms with van der Waals surface area (Å²) in [5.41, 5.74) is 9.91. The van der Waals surface area contributed by atoms with Crippen molar-refractivity contribution in [1.29, 1.82) is 0 Å². The molecule has 0 amide bonds. The van der Waals surface area contributed by atoms with E-state index in [9.17, 15) is 0 Å². The predicted molar refractivity (Wildman–Crippen MR) is 78.0 cm³/mol. The number of pyridine rings is 1. The van der Waals surface area contributed by atoms with E-state index in [1.807, 2.05) is 39.1 Å². The topological polar surface area (TPSA) is 69.9 Å². The molecule has 3 aromatic rings. The highest BCUT2D eigenvalue weighted by atomic mass is 16.3. The first-order chi connectivity index (χ1) is 9.58. The van der Waals surface area contributed by atoms with Crippen molar-refractivity contribution < 1.29 is 4.42 Å². The van der Waals surface area contributed by atoms with E-state index < -0.39 is 0 Å². The molecule has 3 heterocycles. The van der Waals surface area contributed by atoms with E-state index >= 15 is 0 Å². The first-order valence-electron chi connectivity index (χ1n) is 6.38. The standard InChI is InChI=1S/C15H16N4O/c1-9-8-12(10(2)20-9)14-13(15(16)19(3)18-14)11-4-6-17-7-5-11/h4-8H,16H2,1-3H3. The molecular weight excluding hydrogens is 252 g/mol. The molecule has 0 radical (unpaired) electrons. The quantitative estimate of drug-likeness (QED) is 0.775. The fraction of sp³-hybridized carbons (Fsp3) is 0.200. The lowest BCUT2D eigenvalue weighted by atomic mass is 10.0. The third kappa shape index (κ3) is 1.87. The van der Waals surface area contributed by atoms with Crippen molar-refractivity contribution in [2.45, 2.75) is 13.8 Å². The lowest BCUT2D eigenvalue weighted by molar-refractivity contribution is 0.505. The summed E-state index contributed by atoms with van der Waals surface area (Å²) >= 11 is 0. The summed E-state index contributed by atoms with van der Waals surface area (Å²) in [4.78, 5) is 4.04. The lowest BCUT2D eigenvalue weighted by Gasteiger charge is -2.03. The van der Waals surface area contributed by atoms with Crippen LogP contribution in [-0.2, 0) is 7.05 Å². The predicted octanol–water partition coefficient (Wildman–Crippen LogP) is 2.94. The van der Waals surface area contributed by atoms with Gasteiger partial charge >= 0.3 is 0 Å². The number of nitrogens with two attached hydrogens (primary N) is 1. The number of hydrogen-bond acceptors (Lipinski definition) is 4. The second kappa shape index (κ2) is 4.52. The Morgan fingerprint density at radius 2 is 1.90 bits per heavy atom. The van der Waals surface area contributed by atoms with Gasteiger partial charge in [0.1, 0.15) is 23.0 Å². The fourth-order valence-corrected chi connectivity index (χ4v) is 2.39. The van der Waals surface area contributed by atoms with E-state index in [1.165, 1.54) is 0 Å². The van der Waals surface area contributed by atoms with Crippen LogP contribution in [0.25, 0.3) is 22.4 Å². The van der Waals surface area contributed by atoms with Crippen LogP contribution in [0.3, 0.4) is 0 Å². The van der Waals surface area contributed by atoms with Gasteiger partial charge in [-0.3, -0.25) is 9.67 Å². The Morgan fingerprint density at radius 3 is 2.50 bits per heavy atom. The highest BCUT2D eigenvalue weighted by Gasteiger charge is 2.20. The van der Waals surface area contributed by atoms with Crippen molar-refractivity contribution in [3.63, 3.8) is 0 Å². The maximum atomic E-state index is 6.18. The molecular formula is C15H16N4O. The molecule has 5 heteroatoms. The Bertz CT molecular complexity index is 756. The van der Waals surface area contributed by atoms with Crippen LogP contribution in [0.4, 0.5) is 5.82 Å². The molecule has 0 spiro atoms. The number of rotatable bonds is 2. The van der Waals surface area contributed by atoms with Crippen molar-refractivity contribution in [2.75, 3.05) is 5.73 Å². The zero-order valence-corrected chi connectivity index (χ0v) is 11.7. The minimum Gasteiger partial charge on any atom is -0.466 e. The van der Waals surface area contributed by atoms with E-state index in [-0.39, 0.29) is 0 Å². The van der Waals surface area contributed by atoms with Crippen LogP contribution < -0.4 is 5.73 Å². The van der Waals surface area contributed by atoms with Crippen LogP contribution in [0.2, 0.25) is 0 Å². The van der Waals surface area contributed by atoms with Crippen molar-refractivity contribution in [3.05, 3.63) is 42.1 Å². The van der Waals surface area contributed by atoms with Gasteiger partial charge in [-0.15, -0.1) is 0 Å². The van der Waals surface area contributed by atoms with Gasteiger partial charge in [-0.1, -0.05) is 0 Å². The second-order valence-corrected chi connectivity index (χ2v) is 4.80. The molecule has 0 bridgehead atoms. The van der Waals surface area contributed by atoms with Gasteiger partial charge in [-0.25, -0.2) is 0 Å². The Morgan fingerprint density at radius 1 is 1.20 bits per heavy atom. The van der Waals surface area contributed by atoms with E-state index in [0.717, 1.165) is 33.9 Å². The molecule has 0 saturated heterocycles. The van der Waals surface area contributed by atoms with Gasteiger partial charge in [0.2, 0.25) is 0 Å². The maximum absolute atomic E-state index is 6.18. The number of anilines is 1. The second-order valence-electron chi connectivity index (χ2n) is 4.80. The molecule has 0 aliphatic rings. The summed E-state index contributed by atoms with van der Waals surface area (Å²) in [5.74, 6) is 2.34. The van der Waals surface area contributed by atoms with E-state index in [2.05, 4.69) is 10.1 Å². The van der Waals surface area contributed by atoms with Crippen LogP contribution in [0.5, 0.6) is 0 Å². The normalized spacial score (nSPS) is 10.9. The van der Waals surface area contributed by atoms with Crippen LogP contribution in [-0.4, -0.2) is 14.8 Å². The van der Waals surface area contributed by atoms with Crippen LogP contribution in [0, 0.1) is 13.8 Å².